The topological polar surface area (TPSA) is 36.3 Å². The Bertz CT molecular complexity index is 554. The van der Waals surface area contributed by atoms with Gasteiger partial charge in [0.25, 0.3) is 0 Å². The number of nitrogens with zero attached hydrogens (tertiary/aromatic N) is 2. The van der Waals surface area contributed by atoms with E-state index in [9.17, 15) is 0 Å². The molecule has 1 aliphatic rings. The number of ether oxygens (including phenoxy) is 1. The van der Waals surface area contributed by atoms with Gasteiger partial charge in [0.2, 0.25) is 0 Å². The molecule has 0 radical (unpaired) electrons. The molecule has 1 aromatic carbocycles. The zero-order valence-corrected chi connectivity index (χ0v) is 13.9. The van der Waals surface area contributed by atoms with Crippen LogP contribution in [0.3, 0.4) is 0 Å². The van der Waals surface area contributed by atoms with Crippen molar-refractivity contribution in [1.29, 1.82) is 5.26 Å². The van der Waals surface area contributed by atoms with Gasteiger partial charge in [-0.05, 0) is 48.9 Å². The highest BCUT2D eigenvalue weighted by Gasteiger charge is 2.26. The van der Waals surface area contributed by atoms with Gasteiger partial charge in [-0.25, -0.2) is 0 Å². The number of thioether (sulfide) groups is 1. The fourth-order valence-corrected chi connectivity index (χ4v) is 3.57. The van der Waals surface area contributed by atoms with E-state index in [-0.39, 0.29) is 6.23 Å². The van der Waals surface area contributed by atoms with E-state index < -0.39 is 0 Å². The van der Waals surface area contributed by atoms with Crippen LogP contribution in [0.25, 0.3) is 0 Å². The lowest BCUT2D eigenvalue weighted by molar-refractivity contribution is 0.0506. The Kier molecular flexibility index (Phi) is 5.19. The Balaban J connectivity index is 2.23. The molecule has 2 atom stereocenters. The predicted octanol–water partition coefficient (Wildman–Crippen LogP) is 4.55. The quantitative estimate of drug-likeness (QED) is 0.799. The second-order valence-corrected chi connectivity index (χ2v) is 6.35. The maximum atomic E-state index is 9.03. The van der Waals surface area contributed by atoms with Gasteiger partial charge in [0.1, 0.15) is 5.75 Å². The van der Waals surface area contributed by atoms with Gasteiger partial charge in [-0.2, -0.15) is 5.26 Å². The van der Waals surface area contributed by atoms with E-state index in [1.807, 2.05) is 37.7 Å². The Morgan fingerprint density at radius 1 is 1.33 bits per heavy atom. The van der Waals surface area contributed by atoms with Gasteiger partial charge < -0.3 is 9.64 Å². The molecule has 1 heterocycles. The molecule has 21 heavy (non-hydrogen) atoms. The van der Waals surface area contributed by atoms with Crippen molar-refractivity contribution in [2.24, 2.45) is 0 Å². The number of nitriles is 1. The van der Waals surface area contributed by atoms with Crippen LogP contribution in [0.15, 0.2) is 23.7 Å². The molecule has 4 heteroatoms. The fraction of sp³-hybridized carbons (Fsp3) is 0.471. The Morgan fingerprint density at radius 3 is 2.52 bits per heavy atom. The summed E-state index contributed by atoms with van der Waals surface area (Å²) in [6.07, 6.45) is 4.16. The third-order valence-corrected chi connectivity index (χ3v) is 4.85. The molecule has 0 spiro atoms. The minimum Gasteiger partial charge on any atom is -0.470 e. The highest BCUT2D eigenvalue weighted by atomic mass is 32.2. The molecule has 1 aromatic rings. The summed E-state index contributed by atoms with van der Waals surface area (Å²) in [5.41, 5.74) is 2.73. The van der Waals surface area contributed by atoms with Gasteiger partial charge in [-0.15, -0.1) is 11.8 Å². The lowest BCUT2D eigenvalue weighted by atomic mass is 10.1. The average Bonchev–Trinajstić information content (AvgIpc) is 2.94. The molecule has 2 unspecified atom stereocenters. The van der Waals surface area contributed by atoms with E-state index >= 15 is 0 Å². The molecular weight excluding hydrogens is 280 g/mol. The first kappa shape index (κ1) is 15.8. The largest absolute Gasteiger partial charge is 0.470 e. The maximum absolute atomic E-state index is 9.03. The van der Waals surface area contributed by atoms with Crippen LogP contribution in [0.4, 0.5) is 0 Å². The molecule has 0 bridgehead atoms. The Labute approximate surface area is 131 Å². The lowest BCUT2D eigenvalue weighted by Crippen LogP contribution is -2.39. The van der Waals surface area contributed by atoms with Crippen molar-refractivity contribution in [3.05, 3.63) is 40.4 Å². The normalized spacial score (nSPS) is 18.6. The molecule has 0 saturated carbocycles. The van der Waals surface area contributed by atoms with Crippen LogP contribution in [-0.2, 0) is 0 Å². The van der Waals surface area contributed by atoms with Crippen LogP contribution in [0, 0.1) is 25.2 Å². The highest BCUT2D eigenvalue weighted by Crippen LogP contribution is 2.33. The van der Waals surface area contributed by atoms with Crippen molar-refractivity contribution >= 4 is 11.8 Å². The Hall–Kier alpha value is -1.60. The number of hydrogen-bond donors (Lipinski definition) is 0. The zero-order chi connectivity index (χ0) is 15.4. The van der Waals surface area contributed by atoms with Crippen LogP contribution in [0.5, 0.6) is 5.75 Å². The van der Waals surface area contributed by atoms with E-state index in [1.165, 1.54) is 0 Å². The van der Waals surface area contributed by atoms with E-state index in [1.54, 1.807) is 0 Å². The molecule has 0 saturated heterocycles. The van der Waals surface area contributed by atoms with E-state index in [4.69, 9.17) is 10.00 Å². The summed E-state index contributed by atoms with van der Waals surface area (Å²) in [4.78, 5) is 2.29. The minimum atomic E-state index is 0.0338. The summed E-state index contributed by atoms with van der Waals surface area (Å²) >= 11 is 1.84. The molecule has 2 rings (SSSR count). The van der Waals surface area contributed by atoms with Crippen molar-refractivity contribution in [2.75, 3.05) is 0 Å². The minimum absolute atomic E-state index is 0.0338. The summed E-state index contributed by atoms with van der Waals surface area (Å²) in [6, 6.07) is 5.97. The van der Waals surface area contributed by atoms with Crippen molar-refractivity contribution in [1.82, 2.24) is 4.90 Å². The number of hydrogen-bond acceptors (Lipinski definition) is 4. The molecule has 1 aliphatic heterocycles. The van der Waals surface area contributed by atoms with Crippen molar-refractivity contribution < 1.29 is 4.74 Å². The van der Waals surface area contributed by atoms with Crippen molar-refractivity contribution in [3.8, 4) is 11.8 Å². The van der Waals surface area contributed by atoms with E-state index in [0.29, 0.717) is 10.9 Å². The average molecular weight is 302 g/mol. The van der Waals surface area contributed by atoms with Crippen molar-refractivity contribution in [2.45, 2.75) is 52.1 Å². The first-order valence-electron chi connectivity index (χ1n) is 7.38. The van der Waals surface area contributed by atoms with Crippen LogP contribution in [0.2, 0.25) is 0 Å². The maximum Gasteiger partial charge on any atom is 0.172 e. The predicted molar refractivity (Wildman–Crippen MR) is 88.0 cm³/mol. The summed E-state index contributed by atoms with van der Waals surface area (Å²) in [6.45, 7) is 8.34. The second-order valence-electron chi connectivity index (χ2n) is 5.26. The van der Waals surface area contributed by atoms with Gasteiger partial charge in [-0.1, -0.05) is 13.8 Å². The van der Waals surface area contributed by atoms with E-state index in [0.717, 1.165) is 29.7 Å². The van der Waals surface area contributed by atoms with E-state index in [2.05, 4.69) is 36.4 Å². The molecule has 0 aromatic heterocycles. The molecule has 112 valence electrons. The first-order chi connectivity index (χ1) is 10.1. The molecule has 0 N–H and O–H groups in total. The second kappa shape index (κ2) is 6.91. The third-order valence-electron chi connectivity index (χ3n) is 3.68. The monoisotopic (exact) mass is 302 g/mol. The van der Waals surface area contributed by atoms with Gasteiger partial charge >= 0.3 is 0 Å². The molecule has 0 fully saturated rings. The number of rotatable bonds is 5. The van der Waals surface area contributed by atoms with Crippen LogP contribution < -0.4 is 4.74 Å². The molecule has 0 aliphatic carbocycles. The summed E-state index contributed by atoms with van der Waals surface area (Å²) in [7, 11) is 0. The Morgan fingerprint density at radius 2 is 2.00 bits per heavy atom. The van der Waals surface area contributed by atoms with Gasteiger partial charge in [-0.3, -0.25) is 0 Å². The van der Waals surface area contributed by atoms with Crippen LogP contribution >= 0.6 is 11.8 Å². The number of aryl methyl sites for hydroxylation is 2. The smallest absolute Gasteiger partial charge is 0.172 e. The fourth-order valence-electron chi connectivity index (χ4n) is 2.64. The number of benzene rings is 1. The summed E-state index contributed by atoms with van der Waals surface area (Å²) in [5, 5.41) is 11.6. The third kappa shape index (κ3) is 3.36. The van der Waals surface area contributed by atoms with Crippen LogP contribution in [0.1, 0.15) is 43.4 Å². The van der Waals surface area contributed by atoms with Crippen LogP contribution in [-0.4, -0.2) is 16.5 Å². The lowest BCUT2D eigenvalue weighted by Gasteiger charge is -2.33. The van der Waals surface area contributed by atoms with Gasteiger partial charge in [0.15, 0.2) is 6.23 Å². The zero-order valence-electron chi connectivity index (χ0n) is 13.1. The summed E-state index contributed by atoms with van der Waals surface area (Å²) < 4.78 is 6.29. The standard InChI is InChI=1S/C17H22N2OS/c1-5-15(19-7-8-21-16(19)6-2)20-17-12(3)9-14(11-18)10-13(17)4/h7-10,15-16H,5-6H2,1-4H3. The van der Waals surface area contributed by atoms with Crippen molar-refractivity contribution in [3.63, 3.8) is 0 Å². The van der Waals surface area contributed by atoms with Gasteiger partial charge in [0, 0.05) is 12.6 Å². The molecule has 3 nitrogen and oxygen atoms in total. The van der Waals surface area contributed by atoms with Gasteiger partial charge in [0.05, 0.1) is 17.0 Å². The summed E-state index contributed by atoms with van der Waals surface area (Å²) in [5.74, 6) is 0.904. The molecule has 0 amide bonds. The molecular formula is C17H22N2OS. The highest BCUT2D eigenvalue weighted by molar-refractivity contribution is 8.02. The SMILES string of the molecule is CCC(Oc1c(C)cc(C#N)cc1C)N1C=CSC1CC. The first-order valence-corrected chi connectivity index (χ1v) is 8.32.